The first-order valence-electron chi connectivity index (χ1n) is 9.90. The number of nitrogens with one attached hydrogen (secondary N) is 2. The molecule has 0 aliphatic heterocycles. The normalized spacial score (nSPS) is 10.8. The Hall–Kier alpha value is -4.08. The molecule has 0 radical (unpaired) electrons. The molecule has 0 saturated carbocycles. The Kier molecular flexibility index (Phi) is 6.20. The van der Waals surface area contributed by atoms with Crippen LogP contribution in [0.25, 0.3) is 22.2 Å². The van der Waals surface area contributed by atoms with Crippen LogP contribution in [0.1, 0.15) is 22.6 Å². The van der Waals surface area contributed by atoms with Crippen LogP contribution in [0.15, 0.2) is 42.9 Å². The maximum Gasteiger partial charge on any atom is 0.251 e. The molecule has 1 aromatic carbocycles. The van der Waals surface area contributed by atoms with E-state index in [4.69, 9.17) is 9.47 Å². The number of carbonyl (C=O) groups excluding carboxylic acids is 1. The molecule has 0 bridgehead atoms. The number of pyridine rings is 2. The highest BCUT2D eigenvalue weighted by Crippen LogP contribution is 2.31. The standard InChI is InChI=1S/C22H21FN6O3/c1-31-19-10-17(14-8-16(23)22(32-2)25-11-14)28-18-9-13(5-6-15(18)19)21(30)24-7-3-4-20-26-12-27-29-20/h5-6,8-12H,3-4,7H2,1-2H3,(H,24,30)(H,26,27,29). The summed E-state index contributed by atoms with van der Waals surface area (Å²) in [5, 5.41) is 10.2. The second kappa shape index (κ2) is 9.38. The minimum absolute atomic E-state index is 0.0937. The Morgan fingerprint density at radius 3 is 2.75 bits per heavy atom. The Labute approximate surface area is 183 Å². The molecule has 2 N–H and O–H groups in total. The van der Waals surface area contributed by atoms with Crippen LogP contribution >= 0.6 is 0 Å². The summed E-state index contributed by atoms with van der Waals surface area (Å²) >= 11 is 0. The van der Waals surface area contributed by atoms with Gasteiger partial charge in [0.1, 0.15) is 17.9 Å². The number of aromatic nitrogens is 5. The number of carbonyl (C=O) groups is 1. The number of ether oxygens (including phenoxy) is 2. The summed E-state index contributed by atoms with van der Waals surface area (Å²) in [6.07, 6.45) is 4.34. The molecular weight excluding hydrogens is 415 g/mol. The van der Waals surface area contributed by atoms with Crippen molar-refractivity contribution in [1.82, 2.24) is 30.5 Å². The zero-order chi connectivity index (χ0) is 22.5. The van der Waals surface area contributed by atoms with Gasteiger partial charge >= 0.3 is 0 Å². The summed E-state index contributed by atoms with van der Waals surface area (Å²) in [5.74, 6) is 0.430. The number of halogens is 1. The number of rotatable bonds is 8. The molecule has 0 spiro atoms. The van der Waals surface area contributed by atoms with Crippen molar-refractivity contribution in [2.75, 3.05) is 20.8 Å². The second-order valence-corrected chi connectivity index (χ2v) is 6.95. The van der Waals surface area contributed by atoms with Gasteiger partial charge in [0.05, 0.1) is 25.4 Å². The van der Waals surface area contributed by atoms with Gasteiger partial charge in [0.15, 0.2) is 5.82 Å². The largest absolute Gasteiger partial charge is 0.496 e. The molecule has 0 fully saturated rings. The smallest absolute Gasteiger partial charge is 0.251 e. The van der Waals surface area contributed by atoms with Crippen molar-refractivity contribution in [2.24, 2.45) is 0 Å². The van der Waals surface area contributed by atoms with E-state index in [1.807, 2.05) is 0 Å². The number of methoxy groups -OCH3 is 2. The van der Waals surface area contributed by atoms with E-state index in [0.717, 1.165) is 17.6 Å². The number of H-pyrrole nitrogens is 1. The number of aromatic amines is 1. The fraction of sp³-hybridized carbons (Fsp3) is 0.227. The first-order valence-corrected chi connectivity index (χ1v) is 9.90. The van der Waals surface area contributed by atoms with Crippen molar-refractivity contribution in [3.8, 4) is 22.9 Å². The second-order valence-electron chi connectivity index (χ2n) is 6.95. The number of amides is 1. The molecule has 164 valence electrons. The lowest BCUT2D eigenvalue weighted by Gasteiger charge is -2.11. The molecular formula is C22H21FN6O3. The van der Waals surface area contributed by atoms with E-state index in [2.05, 4.69) is 30.5 Å². The maximum absolute atomic E-state index is 14.1. The van der Waals surface area contributed by atoms with Gasteiger partial charge in [-0.3, -0.25) is 9.89 Å². The number of hydrogen-bond acceptors (Lipinski definition) is 7. The first-order chi connectivity index (χ1) is 15.6. The Bertz CT molecular complexity index is 1250. The molecule has 0 atom stereocenters. The molecule has 0 aliphatic carbocycles. The van der Waals surface area contributed by atoms with Crippen LogP contribution in [0.2, 0.25) is 0 Å². The van der Waals surface area contributed by atoms with Gasteiger partial charge in [-0.25, -0.2) is 19.3 Å². The molecule has 4 rings (SSSR count). The average Bonchev–Trinajstić information content (AvgIpc) is 3.34. The van der Waals surface area contributed by atoms with Crippen LogP contribution in [0.3, 0.4) is 0 Å². The first kappa shape index (κ1) is 21.2. The van der Waals surface area contributed by atoms with Crippen molar-refractivity contribution < 1.29 is 18.7 Å². The van der Waals surface area contributed by atoms with Crippen LogP contribution < -0.4 is 14.8 Å². The molecule has 0 unspecified atom stereocenters. The topological polar surface area (TPSA) is 115 Å². The highest BCUT2D eigenvalue weighted by atomic mass is 19.1. The zero-order valence-electron chi connectivity index (χ0n) is 17.6. The molecule has 3 heterocycles. The lowest BCUT2D eigenvalue weighted by atomic mass is 10.1. The third kappa shape index (κ3) is 4.48. The van der Waals surface area contributed by atoms with Crippen molar-refractivity contribution in [1.29, 1.82) is 0 Å². The average molecular weight is 436 g/mol. The molecule has 9 nitrogen and oxygen atoms in total. The van der Waals surface area contributed by atoms with Gasteiger partial charge in [0.25, 0.3) is 5.91 Å². The van der Waals surface area contributed by atoms with Crippen LogP contribution in [0, 0.1) is 5.82 Å². The summed E-state index contributed by atoms with van der Waals surface area (Å²) in [6, 6.07) is 8.17. The fourth-order valence-electron chi connectivity index (χ4n) is 3.28. The van der Waals surface area contributed by atoms with Gasteiger partial charge < -0.3 is 14.8 Å². The number of fused-ring (bicyclic) bond motifs is 1. The third-order valence-corrected chi connectivity index (χ3v) is 4.89. The molecule has 1 amide bonds. The molecule has 10 heteroatoms. The molecule has 32 heavy (non-hydrogen) atoms. The van der Waals surface area contributed by atoms with Crippen molar-refractivity contribution >= 4 is 16.8 Å². The summed E-state index contributed by atoms with van der Waals surface area (Å²) in [7, 11) is 2.89. The monoisotopic (exact) mass is 436 g/mol. The van der Waals surface area contributed by atoms with Crippen LogP contribution in [0.5, 0.6) is 11.6 Å². The number of benzene rings is 1. The zero-order valence-corrected chi connectivity index (χ0v) is 17.6. The summed E-state index contributed by atoms with van der Waals surface area (Å²) in [4.78, 5) is 25.2. The van der Waals surface area contributed by atoms with Gasteiger partial charge in [0.2, 0.25) is 5.88 Å². The number of nitrogens with zero attached hydrogens (tertiary/aromatic N) is 4. The minimum Gasteiger partial charge on any atom is -0.496 e. The van der Waals surface area contributed by atoms with E-state index in [1.54, 1.807) is 31.4 Å². The molecule has 4 aromatic rings. The van der Waals surface area contributed by atoms with Gasteiger partial charge in [-0.2, -0.15) is 5.10 Å². The number of aryl methyl sites for hydroxylation is 1. The lowest BCUT2D eigenvalue weighted by Crippen LogP contribution is -2.24. The predicted molar refractivity (Wildman–Crippen MR) is 115 cm³/mol. The van der Waals surface area contributed by atoms with Crippen molar-refractivity contribution in [3.63, 3.8) is 0 Å². The fourth-order valence-corrected chi connectivity index (χ4v) is 3.28. The van der Waals surface area contributed by atoms with Crippen molar-refractivity contribution in [3.05, 3.63) is 60.1 Å². The van der Waals surface area contributed by atoms with E-state index < -0.39 is 5.82 Å². The Morgan fingerprint density at radius 1 is 1.16 bits per heavy atom. The quantitative estimate of drug-likeness (QED) is 0.408. The molecule has 0 aliphatic rings. The van der Waals surface area contributed by atoms with Crippen LogP contribution in [-0.2, 0) is 6.42 Å². The summed E-state index contributed by atoms with van der Waals surface area (Å²) in [6.45, 7) is 0.491. The summed E-state index contributed by atoms with van der Waals surface area (Å²) in [5.41, 5.74) is 1.94. The Morgan fingerprint density at radius 2 is 2.03 bits per heavy atom. The van der Waals surface area contributed by atoms with Crippen LogP contribution in [-0.4, -0.2) is 51.8 Å². The van der Waals surface area contributed by atoms with E-state index in [1.165, 1.54) is 25.7 Å². The van der Waals surface area contributed by atoms with E-state index in [9.17, 15) is 9.18 Å². The van der Waals surface area contributed by atoms with Gasteiger partial charge in [0, 0.05) is 41.7 Å². The van der Waals surface area contributed by atoms with Gasteiger partial charge in [-0.05, 0) is 30.7 Å². The highest BCUT2D eigenvalue weighted by molar-refractivity contribution is 5.99. The predicted octanol–water partition coefficient (Wildman–Crippen LogP) is 2.93. The highest BCUT2D eigenvalue weighted by Gasteiger charge is 2.14. The van der Waals surface area contributed by atoms with E-state index >= 15 is 0 Å². The SMILES string of the molecule is COc1ncc(-c2cc(OC)c3ccc(C(=O)NCCCc4ncn[nH]4)cc3n2)cc1F. The molecule has 0 saturated heterocycles. The van der Waals surface area contributed by atoms with E-state index in [0.29, 0.717) is 41.1 Å². The lowest BCUT2D eigenvalue weighted by molar-refractivity contribution is 0.0953. The number of hydrogen-bond donors (Lipinski definition) is 2. The van der Waals surface area contributed by atoms with Gasteiger partial charge in [-0.1, -0.05) is 0 Å². The van der Waals surface area contributed by atoms with Crippen molar-refractivity contribution in [2.45, 2.75) is 12.8 Å². The third-order valence-electron chi connectivity index (χ3n) is 4.89. The summed E-state index contributed by atoms with van der Waals surface area (Å²) < 4.78 is 24.5. The molecule has 3 aromatic heterocycles. The van der Waals surface area contributed by atoms with Gasteiger partial charge in [-0.15, -0.1) is 0 Å². The maximum atomic E-state index is 14.1. The Balaban J connectivity index is 1.56. The van der Waals surface area contributed by atoms with Crippen LogP contribution in [0.4, 0.5) is 4.39 Å². The minimum atomic E-state index is -0.593. The van der Waals surface area contributed by atoms with E-state index in [-0.39, 0.29) is 11.8 Å².